The highest BCUT2D eigenvalue weighted by molar-refractivity contribution is 5.38. The average Bonchev–Trinajstić information content (AvgIpc) is 2.78. The number of aryl methyl sites for hydroxylation is 1. The van der Waals surface area contributed by atoms with Crippen molar-refractivity contribution in [3.05, 3.63) is 89.5 Å². The summed E-state index contributed by atoms with van der Waals surface area (Å²) in [6, 6.07) is 18.2. The third-order valence-corrected chi connectivity index (χ3v) is 5.30. The fraction of sp³-hybridized carbons (Fsp3) is 0.259. The first kappa shape index (κ1) is 22.4. The quantitative estimate of drug-likeness (QED) is 0.345. The SMILES string of the molecule is C#CC(C)(CCCc1ccc(F)c(Oc2ccc(F)cc2)c1)c1ccc(OCC)cc1. The van der Waals surface area contributed by atoms with Gasteiger partial charge in [0, 0.05) is 0 Å². The predicted octanol–water partition coefficient (Wildman–Crippen LogP) is 7.07. The second-order valence-electron chi connectivity index (χ2n) is 7.61. The van der Waals surface area contributed by atoms with Gasteiger partial charge >= 0.3 is 0 Å². The van der Waals surface area contributed by atoms with Gasteiger partial charge in [-0.15, -0.1) is 6.42 Å². The summed E-state index contributed by atoms with van der Waals surface area (Å²) in [5.41, 5.74) is 1.61. The minimum atomic E-state index is -0.462. The van der Waals surface area contributed by atoms with E-state index >= 15 is 0 Å². The van der Waals surface area contributed by atoms with E-state index in [4.69, 9.17) is 15.9 Å². The summed E-state index contributed by atoms with van der Waals surface area (Å²) < 4.78 is 38.3. The Labute approximate surface area is 182 Å². The van der Waals surface area contributed by atoms with Crippen LogP contribution < -0.4 is 9.47 Å². The van der Waals surface area contributed by atoms with Crippen molar-refractivity contribution in [2.75, 3.05) is 6.61 Å². The first-order valence-corrected chi connectivity index (χ1v) is 10.4. The molecule has 2 nitrogen and oxygen atoms in total. The lowest BCUT2D eigenvalue weighted by atomic mass is 9.78. The number of terminal acetylenes is 1. The van der Waals surface area contributed by atoms with Crippen molar-refractivity contribution < 1.29 is 18.3 Å². The maximum Gasteiger partial charge on any atom is 0.165 e. The number of hydrogen-bond donors (Lipinski definition) is 0. The van der Waals surface area contributed by atoms with Crippen LogP contribution in [0.3, 0.4) is 0 Å². The molecular weight excluding hydrogens is 394 g/mol. The number of ether oxygens (including phenoxy) is 2. The Hall–Kier alpha value is -3.32. The molecule has 3 aromatic rings. The Bertz CT molecular complexity index is 1040. The molecule has 0 bridgehead atoms. The van der Waals surface area contributed by atoms with E-state index in [1.54, 1.807) is 12.1 Å². The fourth-order valence-electron chi connectivity index (χ4n) is 3.44. The highest BCUT2D eigenvalue weighted by Gasteiger charge is 2.23. The van der Waals surface area contributed by atoms with Crippen LogP contribution in [0.2, 0.25) is 0 Å². The van der Waals surface area contributed by atoms with E-state index in [-0.39, 0.29) is 11.6 Å². The lowest BCUT2D eigenvalue weighted by Crippen LogP contribution is -2.19. The molecule has 0 amide bonds. The Balaban J connectivity index is 1.64. The molecule has 0 radical (unpaired) electrons. The molecule has 0 fully saturated rings. The van der Waals surface area contributed by atoms with Gasteiger partial charge in [0.1, 0.15) is 17.3 Å². The van der Waals surface area contributed by atoms with Crippen LogP contribution >= 0.6 is 0 Å². The van der Waals surface area contributed by atoms with Crippen LogP contribution in [-0.2, 0) is 11.8 Å². The molecule has 3 rings (SSSR count). The molecule has 3 aromatic carbocycles. The highest BCUT2D eigenvalue weighted by Crippen LogP contribution is 2.31. The second-order valence-corrected chi connectivity index (χ2v) is 7.61. The summed E-state index contributed by atoms with van der Waals surface area (Å²) in [4.78, 5) is 0. The monoisotopic (exact) mass is 420 g/mol. The standard InChI is InChI=1S/C27H26F2O2/c1-4-27(3,21-9-13-23(14-10-21)30-5-2)18-6-7-20-8-17-25(29)26(19-20)31-24-15-11-22(28)12-16-24/h1,8-17,19H,5-7,18H2,2-3H3. The third kappa shape index (κ3) is 5.86. The first-order valence-electron chi connectivity index (χ1n) is 10.4. The van der Waals surface area contributed by atoms with Crippen molar-refractivity contribution in [1.29, 1.82) is 0 Å². The number of hydrogen-bond acceptors (Lipinski definition) is 2. The van der Waals surface area contributed by atoms with E-state index in [0.29, 0.717) is 12.4 Å². The number of halogens is 2. The topological polar surface area (TPSA) is 18.5 Å². The minimum absolute atomic E-state index is 0.121. The van der Waals surface area contributed by atoms with Gasteiger partial charge in [0.25, 0.3) is 0 Å². The molecule has 160 valence electrons. The van der Waals surface area contributed by atoms with Crippen LogP contribution in [0, 0.1) is 24.0 Å². The first-order chi connectivity index (χ1) is 14.9. The average molecular weight is 420 g/mol. The smallest absolute Gasteiger partial charge is 0.165 e. The fourth-order valence-corrected chi connectivity index (χ4v) is 3.44. The van der Waals surface area contributed by atoms with E-state index in [1.807, 2.05) is 31.2 Å². The Kier molecular flexibility index (Phi) is 7.31. The van der Waals surface area contributed by atoms with Gasteiger partial charge in [-0.3, -0.25) is 0 Å². The summed E-state index contributed by atoms with van der Waals surface area (Å²) >= 11 is 0. The van der Waals surface area contributed by atoms with Gasteiger partial charge in [-0.05, 0) is 92.8 Å². The lowest BCUT2D eigenvalue weighted by molar-refractivity contribution is 0.340. The number of rotatable bonds is 9. The molecule has 0 saturated carbocycles. The van der Waals surface area contributed by atoms with Crippen LogP contribution in [0.25, 0.3) is 0 Å². The molecule has 0 aliphatic heterocycles. The van der Waals surface area contributed by atoms with Gasteiger partial charge < -0.3 is 9.47 Å². The molecule has 1 unspecified atom stereocenters. The van der Waals surface area contributed by atoms with Gasteiger partial charge in [0.05, 0.1) is 12.0 Å². The van der Waals surface area contributed by atoms with Gasteiger partial charge in [-0.2, -0.15) is 0 Å². The number of benzene rings is 3. The molecule has 0 heterocycles. The maximum absolute atomic E-state index is 14.2. The molecule has 4 heteroatoms. The van der Waals surface area contributed by atoms with Crippen LogP contribution in [0.1, 0.15) is 37.8 Å². The highest BCUT2D eigenvalue weighted by atomic mass is 19.1. The van der Waals surface area contributed by atoms with Crippen molar-refractivity contribution in [2.45, 2.75) is 38.5 Å². The van der Waals surface area contributed by atoms with E-state index in [9.17, 15) is 8.78 Å². The van der Waals surface area contributed by atoms with Crippen LogP contribution in [0.15, 0.2) is 66.7 Å². The summed E-state index contributed by atoms with van der Waals surface area (Å²) in [7, 11) is 0. The summed E-state index contributed by atoms with van der Waals surface area (Å²) in [5, 5.41) is 0. The molecular formula is C27H26F2O2. The zero-order valence-electron chi connectivity index (χ0n) is 17.8. The largest absolute Gasteiger partial charge is 0.494 e. The zero-order chi connectivity index (χ0) is 22.3. The van der Waals surface area contributed by atoms with Crippen LogP contribution in [0.5, 0.6) is 17.2 Å². The van der Waals surface area contributed by atoms with Gasteiger partial charge in [0.2, 0.25) is 0 Å². The van der Waals surface area contributed by atoms with Crippen LogP contribution in [0.4, 0.5) is 8.78 Å². The molecule has 0 saturated heterocycles. The molecule has 0 N–H and O–H groups in total. The van der Waals surface area contributed by atoms with Crippen molar-refractivity contribution in [2.24, 2.45) is 0 Å². The third-order valence-electron chi connectivity index (χ3n) is 5.30. The maximum atomic E-state index is 14.2. The predicted molar refractivity (Wildman–Crippen MR) is 120 cm³/mol. The molecule has 0 spiro atoms. The van der Waals surface area contributed by atoms with E-state index in [2.05, 4.69) is 12.8 Å². The molecule has 0 aliphatic rings. The van der Waals surface area contributed by atoms with Crippen molar-refractivity contribution in [3.63, 3.8) is 0 Å². The van der Waals surface area contributed by atoms with Crippen molar-refractivity contribution >= 4 is 0 Å². The molecule has 0 aliphatic carbocycles. The van der Waals surface area contributed by atoms with E-state index in [1.165, 1.54) is 30.3 Å². The summed E-state index contributed by atoms with van der Waals surface area (Å²) in [5.74, 6) is 3.43. The summed E-state index contributed by atoms with van der Waals surface area (Å²) in [6.07, 6.45) is 8.22. The Morgan fingerprint density at radius 3 is 2.26 bits per heavy atom. The summed E-state index contributed by atoms with van der Waals surface area (Å²) in [6.45, 7) is 4.62. The normalized spacial score (nSPS) is 12.6. The van der Waals surface area contributed by atoms with E-state index in [0.717, 1.165) is 36.1 Å². The van der Waals surface area contributed by atoms with Crippen molar-refractivity contribution in [3.8, 4) is 29.6 Å². The van der Waals surface area contributed by atoms with Gasteiger partial charge in [0.15, 0.2) is 11.6 Å². The van der Waals surface area contributed by atoms with Crippen molar-refractivity contribution in [1.82, 2.24) is 0 Å². The molecule has 0 aromatic heterocycles. The second kappa shape index (κ2) is 10.1. The Morgan fingerprint density at radius 1 is 0.935 bits per heavy atom. The van der Waals surface area contributed by atoms with E-state index < -0.39 is 11.2 Å². The molecule has 31 heavy (non-hydrogen) atoms. The lowest BCUT2D eigenvalue weighted by Gasteiger charge is -2.24. The van der Waals surface area contributed by atoms with Crippen LogP contribution in [-0.4, -0.2) is 6.61 Å². The Morgan fingerprint density at radius 2 is 1.61 bits per heavy atom. The van der Waals surface area contributed by atoms with Gasteiger partial charge in [-0.25, -0.2) is 8.78 Å². The minimum Gasteiger partial charge on any atom is -0.494 e. The van der Waals surface area contributed by atoms with Gasteiger partial charge in [-0.1, -0.05) is 24.1 Å². The zero-order valence-corrected chi connectivity index (χ0v) is 17.8. The molecule has 1 atom stereocenters.